The summed E-state index contributed by atoms with van der Waals surface area (Å²) in [4.78, 5) is 11.7. The molecule has 0 unspecified atom stereocenters. The van der Waals surface area contributed by atoms with Crippen LogP contribution in [0.5, 0.6) is 11.5 Å². The van der Waals surface area contributed by atoms with Gasteiger partial charge in [-0.15, -0.1) is 0 Å². The maximum absolute atomic E-state index is 11.7. The largest absolute Gasteiger partial charge is 0.508 e. The first-order valence-electron chi connectivity index (χ1n) is 5.75. The lowest BCUT2D eigenvalue weighted by Gasteiger charge is -2.06. The molecule has 1 aromatic carbocycles. The number of nitrogens with zero attached hydrogens (tertiary/aromatic N) is 1. The molecule has 1 rings (SSSR count). The Kier molecular flexibility index (Phi) is 4.71. The highest BCUT2D eigenvalue weighted by atomic mass is 16.3. The molecule has 0 bridgehead atoms. The summed E-state index contributed by atoms with van der Waals surface area (Å²) in [5.74, 6) is -0.406. The highest BCUT2D eigenvalue weighted by Gasteiger charge is 2.11. The predicted octanol–water partition coefficient (Wildman–Crippen LogP) is 2.25. The Morgan fingerprint density at radius 1 is 1.39 bits per heavy atom. The minimum absolute atomic E-state index is 0.0777. The molecule has 1 amide bonds. The molecule has 0 heterocycles. The average Bonchev–Trinajstić information content (AvgIpc) is 2.25. The van der Waals surface area contributed by atoms with E-state index < -0.39 is 5.91 Å². The number of rotatable bonds is 4. The van der Waals surface area contributed by atoms with E-state index in [1.54, 1.807) is 0 Å². The third kappa shape index (κ3) is 4.08. The molecular formula is C13H18N2O3. The number of nitrogens with one attached hydrogen (secondary N) is 1. The summed E-state index contributed by atoms with van der Waals surface area (Å²) in [6.45, 7) is 5.95. The standard InChI is InChI=1S/C13H18N2O3/c1-8(2)6-9(3)14-15-13(18)11-5-4-10(16)7-12(11)17/h4-5,7-8,16-17H,6H2,1-3H3,(H,15,18)/b14-9+. The normalized spacial score (nSPS) is 11.7. The fourth-order valence-electron chi connectivity index (χ4n) is 1.55. The fourth-order valence-corrected chi connectivity index (χ4v) is 1.55. The number of hydrogen-bond acceptors (Lipinski definition) is 4. The number of carbonyl (C=O) groups is 1. The van der Waals surface area contributed by atoms with Gasteiger partial charge in [0, 0.05) is 11.8 Å². The van der Waals surface area contributed by atoms with E-state index >= 15 is 0 Å². The van der Waals surface area contributed by atoms with Gasteiger partial charge in [-0.1, -0.05) is 13.8 Å². The molecule has 0 aliphatic rings. The lowest BCUT2D eigenvalue weighted by atomic mass is 10.1. The van der Waals surface area contributed by atoms with Crippen molar-refractivity contribution in [1.82, 2.24) is 5.43 Å². The maximum atomic E-state index is 11.7. The molecule has 0 aliphatic carbocycles. The van der Waals surface area contributed by atoms with Gasteiger partial charge < -0.3 is 10.2 Å². The molecule has 18 heavy (non-hydrogen) atoms. The summed E-state index contributed by atoms with van der Waals surface area (Å²) in [6.07, 6.45) is 0.793. The molecule has 5 heteroatoms. The summed E-state index contributed by atoms with van der Waals surface area (Å²) in [6, 6.07) is 3.78. The molecular weight excluding hydrogens is 232 g/mol. The number of aromatic hydroxyl groups is 2. The van der Waals surface area contributed by atoms with E-state index in [4.69, 9.17) is 5.11 Å². The Balaban J connectivity index is 2.71. The molecule has 0 spiro atoms. The minimum Gasteiger partial charge on any atom is -0.508 e. The summed E-state index contributed by atoms with van der Waals surface area (Å²) in [7, 11) is 0. The monoisotopic (exact) mass is 250 g/mol. The molecule has 0 atom stereocenters. The van der Waals surface area contributed by atoms with Gasteiger partial charge in [-0.2, -0.15) is 5.10 Å². The van der Waals surface area contributed by atoms with Crippen molar-refractivity contribution in [3.8, 4) is 11.5 Å². The zero-order valence-electron chi connectivity index (χ0n) is 10.8. The van der Waals surface area contributed by atoms with Gasteiger partial charge >= 0.3 is 0 Å². The Morgan fingerprint density at radius 2 is 2.06 bits per heavy atom. The van der Waals surface area contributed by atoms with Crippen LogP contribution in [0.25, 0.3) is 0 Å². The summed E-state index contributed by atoms with van der Waals surface area (Å²) in [5.41, 5.74) is 3.27. The van der Waals surface area contributed by atoms with Crippen molar-refractivity contribution in [2.75, 3.05) is 0 Å². The van der Waals surface area contributed by atoms with Crippen molar-refractivity contribution in [2.45, 2.75) is 27.2 Å². The second kappa shape index (κ2) is 6.05. The summed E-state index contributed by atoms with van der Waals surface area (Å²) in [5, 5.41) is 22.6. The average molecular weight is 250 g/mol. The third-order valence-electron chi connectivity index (χ3n) is 2.28. The van der Waals surface area contributed by atoms with Crippen molar-refractivity contribution < 1.29 is 15.0 Å². The number of amides is 1. The van der Waals surface area contributed by atoms with Gasteiger partial charge in [-0.25, -0.2) is 5.43 Å². The number of hydrogen-bond donors (Lipinski definition) is 3. The van der Waals surface area contributed by atoms with Crippen molar-refractivity contribution in [3.63, 3.8) is 0 Å². The van der Waals surface area contributed by atoms with Gasteiger partial charge in [-0.05, 0) is 31.4 Å². The molecule has 1 aromatic rings. The van der Waals surface area contributed by atoms with E-state index in [9.17, 15) is 9.90 Å². The molecule has 0 aliphatic heterocycles. The molecule has 5 nitrogen and oxygen atoms in total. The Hall–Kier alpha value is -2.04. The predicted molar refractivity (Wildman–Crippen MR) is 69.8 cm³/mol. The molecule has 0 saturated carbocycles. The second-order valence-electron chi connectivity index (χ2n) is 4.59. The van der Waals surface area contributed by atoms with Crippen LogP contribution in [0.2, 0.25) is 0 Å². The Labute approximate surface area is 106 Å². The summed E-state index contributed by atoms with van der Waals surface area (Å²) < 4.78 is 0. The molecule has 0 saturated heterocycles. The van der Waals surface area contributed by atoms with Gasteiger partial charge in [0.2, 0.25) is 0 Å². The first kappa shape index (κ1) is 14.0. The van der Waals surface area contributed by atoms with Gasteiger partial charge in [0.25, 0.3) is 5.91 Å². The highest BCUT2D eigenvalue weighted by molar-refractivity contribution is 5.97. The molecule has 98 valence electrons. The van der Waals surface area contributed by atoms with Crippen LogP contribution in [0.4, 0.5) is 0 Å². The van der Waals surface area contributed by atoms with Gasteiger partial charge in [0.1, 0.15) is 11.5 Å². The molecule has 0 aromatic heterocycles. The van der Waals surface area contributed by atoms with Crippen molar-refractivity contribution >= 4 is 11.6 Å². The van der Waals surface area contributed by atoms with Crippen LogP contribution in [0, 0.1) is 5.92 Å². The van der Waals surface area contributed by atoms with Crippen LogP contribution in [-0.2, 0) is 0 Å². The first-order valence-corrected chi connectivity index (χ1v) is 5.75. The van der Waals surface area contributed by atoms with Crippen molar-refractivity contribution in [1.29, 1.82) is 0 Å². The Morgan fingerprint density at radius 3 is 2.61 bits per heavy atom. The zero-order valence-corrected chi connectivity index (χ0v) is 10.8. The number of carbonyl (C=O) groups excluding carboxylic acids is 1. The third-order valence-corrected chi connectivity index (χ3v) is 2.28. The Bertz CT molecular complexity index is 467. The van der Waals surface area contributed by atoms with E-state index in [-0.39, 0.29) is 17.1 Å². The number of phenols is 2. The quantitative estimate of drug-likeness (QED) is 0.566. The van der Waals surface area contributed by atoms with Gasteiger partial charge in [0.05, 0.1) is 5.56 Å². The van der Waals surface area contributed by atoms with Gasteiger partial charge in [-0.3, -0.25) is 4.79 Å². The SMILES string of the molecule is C/C(CC(C)C)=N\NC(=O)c1ccc(O)cc1O. The minimum atomic E-state index is -0.504. The lowest BCUT2D eigenvalue weighted by molar-refractivity contribution is 0.0952. The van der Waals surface area contributed by atoms with Crippen LogP contribution >= 0.6 is 0 Å². The van der Waals surface area contributed by atoms with E-state index in [0.29, 0.717) is 5.92 Å². The smallest absolute Gasteiger partial charge is 0.275 e. The highest BCUT2D eigenvalue weighted by Crippen LogP contribution is 2.22. The summed E-state index contributed by atoms with van der Waals surface area (Å²) >= 11 is 0. The van der Waals surface area contributed by atoms with Crippen molar-refractivity contribution in [3.05, 3.63) is 23.8 Å². The second-order valence-corrected chi connectivity index (χ2v) is 4.59. The van der Waals surface area contributed by atoms with E-state index in [2.05, 4.69) is 24.4 Å². The zero-order chi connectivity index (χ0) is 13.7. The number of benzene rings is 1. The van der Waals surface area contributed by atoms with Crippen LogP contribution in [-0.4, -0.2) is 21.8 Å². The van der Waals surface area contributed by atoms with Crippen LogP contribution in [0.15, 0.2) is 23.3 Å². The fraction of sp³-hybridized carbons (Fsp3) is 0.385. The van der Waals surface area contributed by atoms with Crippen molar-refractivity contribution in [2.24, 2.45) is 11.0 Å². The number of phenolic OH excluding ortho intramolecular Hbond substituents is 2. The van der Waals surface area contributed by atoms with E-state index in [0.717, 1.165) is 18.2 Å². The van der Waals surface area contributed by atoms with Crippen LogP contribution < -0.4 is 5.43 Å². The van der Waals surface area contributed by atoms with Crippen LogP contribution in [0.3, 0.4) is 0 Å². The molecule has 0 radical (unpaired) electrons. The first-order chi connectivity index (χ1) is 8.40. The lowest BCUT2D eigenvalue weighted by Crippen LogP contribution is -2.19. The maximum Gasteiger partial charge on any atom is 0.275 e. The topological polar surface area (TPSA) is 81.9 Å². The number of hydrazone groups is 1. The van der Waals surface area contributed by atoms with Crippen LogP contribution in [0.1, 0.15) is 37.6 Å². The van der Waals surface area contributed by atoms with E-state index in [1.807, 2.05) is 6.92 Å². The van der Waals surface area contributed by atoms with E-state index in [1.165, 1.54) is 12.1 Å². The van der Waals surface area contributed by atoms with Gasteiger partial charge in [0.15, 0.2) is 0 Å². The molecule has 0 fully saturated rings. The molecule has 3 N–H and O–H groups in total.